The molecule has 0 saturated carbocycles. The van der Waals surface area contributed by atoms with E-state index in [9.17, 15) is 13.5 Å². The lowest BCUT2D eigenvalue weighted by Crippen LogP contribution is -2.24. The van der Waals surface area contributed by atoms with Crippen molar-refractivity contribution in [2.24, 2.45) is 0 Å². The average molecular weight is 241 g/mol. The summed E-state index contributed by atoms with van der Waals surface area (Å²) in [6.45, 7) is 2.90. The Hall–Kier alpha value is -1.81. The summed E-state index contributed by atoms with van der Waals surface area (Å²) < 4.78 is 25.1. The van der Waals surface area contributed by atoms with Crippen molar-refractivity contribution < 1.29 is 13.5 Å². The van der Waals surface area contributed by atoms with Gasteiger partial charge in [-0.05, 0) is 26.0 Å². The molecule has 1 unspecified atom stereocenters. The minimum Gasteiger partial charge on any atom is -0.504 e. The first-order valence-electron chi connectivity index (χ1n) is 4.44. The maximum Gasteiger partial charge on any atom is 0.250 e. The maximum absolute atomic E-state index is 11.5. The molecule has 0 aliphatic carbocycles. The molecule has 1 aromatic heterocycles. The van der Waals surface area contributed by atoms with E-state index in [1.54, 1.807) is 19.1 Å². The average Bonchev–Trinajstić information content (AvgIpc) is 2.22. The first-order chi connectivity index (χ1) is 7.36. The van der Waals surface area contributed by atoms with Crippen LogP contribution in [0.25, 0.3) is 0 Å². The highest BCUT2D eigenvalue weighted by atomic mass is 32.2. The fourth-order valence-corrected chi connectivity index (χ4v) is 1.65. The van der Waals surface area contributed by atoms with E-state index in [4.69, 9.17) is 5.26 Å². The van der Waals surface area contributed by atoms with Gasteiger partial charge < -0.3 is 5.11 Å². The summed E-state index contributed by atoms with van der Waals surface area (Å²) in [5, 5.41) is 16.7. The monoisotopic (exact) mass is 241 g/mol. The SMILES string of the molecule is Cc1ccc(O)c(NS(=O)(=O)C(C)C#N)n1. The molecular formula is C9H11N3O3S. The third kappa shape index (κ3) is 2.61. The van der Waals surface area contributed by atoms with Crippen LogP contribution in [0.3, 0.4) is 0 Å². The minimum absolute atomic E-state index is 0.165. The van der Waals surface area contributed by atoms with Gasteiger partial charge in [-0.25, -0.2) is 13.4 Å². The third-order valence-electron chi connectivity index (χ3n) is 1.90. The van der Waals surface area contributed by atoms with E-state index in [1.165, 1.54) is 13.0 Å². The Morgan fingerprint density at radius 3 is 2.75 bits per heavy atom. The molecule has 0 radical (unpaired) electrons. The van der Waals surface area contributed by atoms with Crippen LogP contribution in [0.4, 0.5) is 5.82 Å². The number of nitrogens with zero attached hydrogens (tertiary/aromatic N) is 2. The summed E-state index contributed by atoms with van der Waals surface area (Å²) in [7, 11) is -3.84. The molecule has 0 aliphatic rings. The van der Waals surface area contributed by atoms with Gasteiger partial charge in [0.05, 0.1) is 6.07 Å². The molecule has 1 heterocycles. The Morgan fingerprint density at radius 2 is 2.19 bits per heavy atom. The molecule has 2 N–H and O–H groups in total. The van der Waals surface area contributed by atoms with E-state index in [2.05, 4.69) is 9.71 Å². The van der Waals surface area contributed by atoms with Crippen molar-refractivity contribution in [1.82, 2.24) is 4.98 Å². The minimum atomic E-state index is -3.84. The third-order valence-corrected chi connectivity index (χ3v) is 3.41. The van der Waals surface area contributed by atoms with E-state index in [0.717, 1.165) is 0 Å². The molecule has 16 heavy (non-hydrogen) atoms. The first-order valence-corrected chi connectivity index (χ1v) is 5.99. The van der Waals surface area contributed by atoms with Gasteiger partial charge in [0.2, 0.25) is 10.0 Å². The molecule has 0 amide bonds. The number of nitriles is 1. The summed E-state index contributed by atoms with van der Waals surface area (Å²) in [5.41, 5.74) is 0.556. The molecule has 0 aliphatic heterocycles. The molecule has 0 fully saturated rings. The van der Waals surface area contributed by atoms with E-state index >= 15 is 0 Å². The van der Waals surface area contributed by atoms with Crippen LogP contribution in [0.1, 0.15) is 12.6 Å². The Bertz CT molecular complexity index is 533. The number of nitrogens with one attached hydrogen (secondary N) is 1. The molecule has 0 spiro atoms. The van der Waals surface area contributed by atoms with Gasteiger partial charge in [-0.15, -0.1) is 0 Å². The molecule has 1 aromatic rings. The smallest absolute Gasteiger partial charge is 0.250 e. The van der Waals surface area contributed by atoms with Crippen LogP contribution in [0.5, 0.6) is 5.75 Å². The lowest BCUT2D eigenvalue weighted by Gasteiger charge is -2.10. The number of hydrogen-bond acceptors (Lipinski definition) is 5. The topological polar surface area (TPSA) is 103 Å². The number of hydrogen-bond donors (Lipinski definition) is 2. The summed E-state index contributed by atoms with van der Waals surface area (Å²) in [6, 6.07) is 4.47. The second kappa shape index (κ2) is 4.37. The molecule has 0 aromatic carbocycles. The van der Waals surface area contributed by atoms with Crippen LogP contribution < -0.4 is 4.72 Å². The van der Waals surface area contributed by atoms with Crippen molar-refractivity contribution in [1.29, 1.82) is 5.26 Å². The van der Waals surface area contributed by atoms with E-state index < -0.39 is 15.3 Å². The molecule has 0 bridgehead atoms. The van der Waals surface area contributed by atoms with Gasteiger partial charge in [0.15, 0.2) is 16.8 Å². The second-order valence-corrected chi connectivity index (χ2v) is 5.24. The number of sulfonamides is 1. The van der Waals surface area contributed by atoms with Crippen molar-refractivity contribution in [2.45, 2.75) is 19.1 Å². The lowest BCUT2D eigenvalue weighted by atomic mass is 10.3. The van der Waals surface area contributed by atoms with Gasteiger partial charge in [-0.1, -0.05) is 0 Å². The van der Waals surface area contributed by atoms with Gasteiger partial charge >= 0.3 is 0 Å². The van der Waals surface area contributed by atoms with Gasteiger partial charge in [0.1, 0.15) is 0 Å². The molecule has 1 rings (SSSR count). The number of aromatic hydroxyl groups is 1. The number of pyridine rings is 1. The Morgan fingerprint density at radius 1 is 1.56 bits per heavy atom. The quantitative estimate of drug-likeness (QED) is 0.812. The largest absolute Gasteiger partial charge is 0.504 e. The number of anilines is 1. The molecule has 86 valence electrons. The lowest BCUT2D eigenvalue weighted by molar-refractivity contribution is 0.475. The Balaban J connectivity index is 3.07. The van der Waals surface area contributed by atoms with Crippen LogP contribution in [0, 0.1) is 18.3 Å². The first kappa shape index (κ1) is 12.3. The zero-order chi connectivity index (χ0) is 12.3. The summed E-state index contributed by atoms with van der Waals surface area (Å²) in [4.78, 5) is 3.82. The normalized spacial score (nSPS) is 12.8. The highest BCUT2D eigenvalue weighted by Gasteiger charge is 2.21. The van der Waals surface area contributed by atoms with E-state index in [-0.39, 0.29) is 11.6 Å². The predicted molar refractivity (Wildman–Crippen MR) is 58.3 cm³/mol. The summed E-state index contributed by atoms with van der Waals surface area (Å²) in [6.07, 6.45) is 0. The number of rotatable bonds is 3. The molecule has 0 saturated heterocycles. The van der Waals surface area contributed by atoms with Gasteiger partial charge in [-0.2, -0.15) is 5.26 Å². The summed E-state index contributed by atoms with van der Waals surface area (Å²) in [5.74, 6) is -0.443. The van der Waals surface area contributed by atoms with Gasteiger partial charge in [-0.3, -0.25) is 4.72 Å². The second-order valence-electron chi connectivity index (χ2n) is 3.24. The molecule has 1 atom stereocenters. The fraction of sp³-hybridized carbons (Fsp3) is 0.333. The zero-order valence-corrected chi connectivity index (χ0v) is 9.61. The van der Waals surface area contributed by atoms with Crippen molar-refractivity contribution in [3.05, 3.63) is 17.8 Å². The van der Waals surface area contributed by atoms with Crippen LogP contribution in [0.2, 0.25) is 0 Å². The highest BCUT2D eigenvalue weighted by molar-refractivity contribution is 7.93. The van der Waals surface area contributed by atoms with Crippen LogP contribution in [-0.4, -0.2) is 23.8 Å². The Kier molecular flexibility index (Phi) is 3.34. The number of aromatic nitrogens is 1. The predicted octanol–water partition coefficient (Wildman–Crippen LogP) is 0.749. The molecular weight excluding hydrogens is 230 g/mol. The van der Waals surface area contributed by atoms with Crippen LogP contribution >= 0.6 is 0 Å². The summed E-state index contributed by atoms with van der Waals surface area (Å²) >= 11 is 0. The van der Waals surface area contributed by atoms with Gasteiger partial charge in [0.25, 0.3) is 0 Å². The standard InChI is InChI=1S/C9H11N3O3S/c1-6-3-4-8(13)9(11-6)12-16(14,15)7(2)5-10/h3-4,7,13H,1-2H3,(H,11,12). The van der Waals surface area contributed by atoms with Crippen molar-refractivity contribution >= 4 is 15.8 Å². The van der Waals surface area contributed by atoms with Gasteiger partial charge in [0, 0.05) is 5.69 Å². The molecule has 6 nitrogen and oxygen atoms in total. The zero-order valence-electron chi connectivity index (χ0n) is 8.80. The van der Waals surface area contributed by atoms with Crippen LogP contribution in [0.15, 0.2) is 12.1 Å². The van der Waals surface area contributed by atoms with Crippen LogP contribution in [-0.2, 0) is 10.0 Å². The van der Waals surface area contributed by atoms with Crippen molar-refractivity contribution in [3.8, 4) is 11.8 Å². The van der Waals surface area contributed by atoms with E-state index in [0.29, 0.717) is 5.69 Å². The van der Waals surface area contributed by atoms with E-state index in [1.807, 2.05) is 0 Å². The van der Waals surface area contributed by atoms with Crippen molar-refractivity contribution in [2.75, 3.05) is 4.72 Å². The Labute approximate surface area is 93.6 Å². The highest BCUT2D eigenvalue weighted by Crippen LogP contribution is 2.22. The number of aryl methyl sites for hydroxylation is 1. The van der Waals surface area contributed by atoms with Crippen molar-refractivity contribution in [3.63, 3.8) is 0 Å². The fourth-order valence-electron chi connectivity index (χ4n) is 0.917. The molecule has 7 heteroatoms. The maximum atomic E-state index is 11.5.